The second-order valence-corrected chi connectivity index (χ2v) is 5.34. The Labute approximate surface area is 127 Å². The number of nitrogens with one attached hydrogen (secondary N) is 2. The van der Waals surface area contributed by atoms with E-state index >= 15 is 0 Å². The van der Waals surface area contributed by atoms with Crippen LogP contribution in [-0.4, -0.2) is 28.1 Å². The molecule has 0 bridgehead atoms. The number of ether oxygens (including phenoxy) is 1. The lowest BCUT2D eigenvalue weighted by Crippen LogP contribution is -2.32. The van der Waals surface area contributed by atoms with Crippen LogP contribution in [0.15, 0.2) is 17.1 Å². The van der Waals surface area contributed by atoms with Crippen LogP contribution in [0.4, 0.5) is 10.5 Å². The summed E-state index contributed by atoms with van der Waals surface area (Å²) in [6, 6.07) is 1.10. The third-order valence-electron chi connectivity index (χ3n) is 2.23. The van der Waals surface area contributed by atoms with E-state index in [2.05, 4.69) is 22.1 Å². The maximum Gasteiger partial charge on any atom is 0.407 e. The predicted octanol–water partition coefficient (Wildman–Crippen LogP) is 1.55. The first-order valence-corrected chi connectivity index (χ1v) is 6.52. The van der Waals surface area contributed by atoms with E-state index in [1.807, 2.05) is 0 Å². The molecule has 2 N–H and O–H groups in total. The Bertz CT molecular complexity index is 676. The van der Waals surface area contributed by atoms with Crippen LogP contribution in [0, 0.1) is 22.0 Å². The van der Waals surface area contributed by atoms with Gasteiger partial charge in [0.2, 0.25) is 0 Å². The normalized spacial score (nSPS) is 10.3. The number of nitro groups is 1. The van der Waals surface area contributed by atoms with E-state index in [9.17, 15) is 19.7 Å². The van der Waals surface area contributed by atoms with Gasteiger partial charge in [0.05, 0.1) is 4.92 Å². The van der Waals surface area contributed by atoms with Gasteiger partial charge in [0.15, 0.2) is 0 Å². The molecule has 0 fully saturated rings. The Hall–Kier alpha value is -2.82. The summed E-state index contributed by atoms with van der Waals surface area (Å²) in [6.07, 6.45) is 1.10. The number of H-pyrrole nitrogens is 1. The zero-order chi connectivity index (χ0) is 16.8. The van der Waals surface area contributed by atoms with Crippen molar-refractivity contribution in [2.24, 2.45) is 0 Å². The molecule has 0 saturated heterocycles. The Morgan fingerprint density at radius 2 is 2.18 bits per heavy atom. The van der Waals surface area contributed by atoms with Crippen molar-refractivity contribution in [2.45, 2.75) is 32.8 Å². The van der Waals surface area contributed by atoms with Crippen molar-refractivity contribution in [3.05, 3.63) is 38.3 Å². The minimum atomic E-state index is -0.776. The lowest BCUT2D eigenvalue weighted by Gasteiger charge is -2.19. The number of hydrogen-bond donors (Lipinski definition) is 2. The number of rotatable bonds is 3. The Balaban J connectivity index is 2.52. The fourth-order valence-corrected chi connectivity index (χ4v) is 1.39. The van der Waals surface area contributed by atoms with E-state index in [-0.39, 0.29) is 6.54 Å². The lowest BCUT2D eigenvalue weighted by molar-refractivity contribution is -0.386. The molecule has 0 saturated carbocycles. The highest BCUT2D eigenvalue weighted by atomic mass is 16.6. The predicted molar refractivity (Wildman–Crippen MR) is 79.4 cm³/mol. The first-order valence-electron chi connectivity index (χ1n) is 6.52. The monoisotopic (exact) mass is 307 g/mol. The summed E-state index contributed by atoms with van der Waals surface area (Å²) in [5.74, 6) is 5.41. The van der Waals surface area contributed by atoms with E-state index in [0.29, 0.717) is 12.0 Å². The quantitative estimate of drug-likeness (QED) is 0.380. The number of alkyl carbamates (subject to hydrolysis) is 1. The summed E-state index contributed by atoms with van der Waals surface area (Å²) in [4.78, 5) is 34.6. The average Bonchev–Trinajstić information content (AvgIpc) is 2.37. The smallest absolute Gasteiger partial charge is 0.407 e. The number of aromatic nitrogens is 1. The standard InChI is InChI=1S/C14H17N3O5/c1-14(2,3)22-13(19)15-7-5-4-6-10-8-11(17(20)21)12(18)16-9-10/h8-9H,5,7H2,1-3H3,(H,15,19)(H,16,18). The van der Waals surface area contributed by atoms with Crippen molar-refractivity contribution >= 4 is 11.8 Å². The molecule has 0 aliphatic heterocycles. The van der Waals surface area contributed by atoms with Crippen molar-refractivity contribution in [1.82, 2.24) is 10.3 Å². The SMILES string of the molecule is CC(C)(C)OC(=O)NCCC#Cc1c[nH]c(=O)c([N+](=O)[O-])c1. The second-order valence-electron chi connectivity index (χ2n) is 5.34. The molecule has 1 heterocycles. The molecule has 0 atom stereocenters. The van der Waals surface area contributed by atoms with Gasteiger partial charge in [-0.05, 0) is 20.8 Å². The van der Waals surface area contributed by atoms with Gasteiger partial charge in [0.1, 0.15) is 5.60 Å². The number of amides is 1. The zero-order valence-electron chi connectivity index (χ0n) is 12.6. The molecule has 1 aromatic rings. The van der Waals surface area contributed by atoms with E-state index in [1.54, 1.807) is 20.8 Å². The third-order valence-corrected chi connectivity index (χ3v) is 2.23. The number of carbonyl (C=O) groups is 1. The minimum absolute atomic E-state index is 0.285. The molecule has 118 valence electrons. The molecule has 0 spiro atoms. The van der Waals surface area contributed by atoms with Crippen molar-refractivity contribution in [2.75, 3.05) is 6.54 Å². The van der Waals surface area contributed by atoms with E-state index in [4.69, 9.17) is 4.74 Å². The first kappa shape index (κ1) is 17.2. The van der Waals surface area contributed by atoms with Crippen LogP contribution in [-0.2, 0) is 4.74 Å². The molecular weight excluding hydrogens is 290 g/mol. The maximum atomic E-state index is 11.4. The second kappa shape index (κ2) is 7.26. The van der Waals surface area contributed by atoms with Crippen molar-refractivity contribution in [3.8, 4) is 11.8 Å². The maximum absolute atomic E-state index is 11.4. The Morgan fingerprint density at radius 1 is 1.50 bits per heavy atom. The highest BCUT2D eigenvalue weighted by Gasteiger charge is 2.15. The third kappa shape index (κ3) is 6.09. The molecule has 1 rings (SSSR count). The van der Waals surface area contributed by atoms with Crippen molar-refractivity contribution in [1.29, 1.82) is 0 Å². The number of nitrogens with zero attached hydrogens (tertiary/aromatic N) is 1. The van der Waals surface area contributed by atoms with Crippen molar-refractivity contribution < 1.29 is 14.5 Å². The van der Waals surface area contributed by atoms with Crippen LogP contribution in [0.25, 0.3) is 0 Å². The summed E-state index contributed by atoms with van der Waals surface area (Å²) in [6.45, 7) is 5.56. The average molecular weight is 307 g/mol. The molecule has 0 aliphatic rings. The molecule has 22 heavy (non-hydrogen) atoms. The molecule has 0 unspecified atom stereocenters. The number of aromatic amines is 1. The number of hydrogen-bond acceptors (Lipinski definition) is 5. The minimum Gasteiger partial charge on any atom is -0.444 e. The van der Waals surface area contributed by atoms with Gasteiger partial charge in [-0.15, -0.1) is 0 Å². The highest BCUT2D eigenvalue weighted by Crippen LogP contribution is 2.06. The van der Waals surface area contributed by atoms with E-state index < -0.39 is 27.9 Å². The molecule has 0 radical (unpaired) electrons. The van der Waals surface area contributed by atoms with Gasteiger partial charge in [0.25, 0.3) is 0 Å². The van der Waals surface area contributed by atoms with Crippen molar-refractivity contribution in [3.63, 3.8) is 0 Å². The fourth-order valence-electron chi connectivity index (χ4n) is 1.39. The molecule has 1 amide bonds. The molecule has 0 aromatic carbocycles. The molecule has 0 aliphatic carbocycles. The molecule has 8 nitrogen and oxygen atoms in total. The fraction of sp³-hybridized carbons (Fsp3) is 0.429. The summed E-state index contributed by atoms with van der Waals surface area (Å²) in [7, 11) is 0. The molecular formula is C14H17N3O5. The summed E-state index contributed by atoms with van der Waals surface area (Å²) in [5, 5.41) is 13.1. The van der Waals surface area contributed by atoms with Crippen LogP contribution in [0.5, 0.6) is 0 Å². The highest BCUT2D eigenvalue weighted by molar-refractivity contribution is 5.67. The van der Waals surface area contributed by atoms with Gasteiger partial charge in [-0.2, -0.15) is 0 Å². The summed E-state index contributed by atoms with van der Waals surface area (Å²) < 4.78 is 5.04. The number of carbonyl (C=O) groups excluding carboxylic acids is 1. The van der Waals surface area contributed by atoms with Crippen LogP contribution < -0.4 is 10.9 Å². The Kier molecular flexibility index (Phi) is 5.69. The molecule has 1 aromatic heterocycles. The summed E-state index contributed by atoms with van der Waals surface area (Å²) >= 11 is 0. The zero-order valence-corrected chi connectivity index (χ0v) is 12.6. The van der Waals surface area contributed by atoms with Gasteiger partial charge in [-0.3, -0.25) is 14.9 Å². The van der Waals surface area contributed by atoms with Crippen LogP contribution >= 0.6 is 0 Å². The van der Waals surface area contributed by atoms with Gasteiger partial charge in [-0.25, -0.2) is 4.79 Å². The number of pyridine rings is 1. The summed E-state index contributed by atoms with van der Waals surface area (Å²) in [5.41, 5.74) is -1.57. The molecule has 8 heteroatoms. The van der Waals surface area contributed by atoms with Crippen LogP contribution in [0.3, 0.4) is 0 Å². The first-order chi connectivity index (χ1) is 10.2. The van der Waals surface area contributed by atoms with Gasteiger partial charge < -0.3 is 15.0 Å². The van der Waals surface area contributed by atoms with Gasteiger partial charge in [-0.1, -0.05) is 11.8 Å². The lowest BCUT2D eigenvalue weighted by atomic mass is 10.2. The topological polar surface area (TPSA) is 114 Å². The van der Waals surface area contributed by atoms with E-state index in [0.717, 1.165) is 6.07 Å². The van der Waals surface area contributed by atoms with Crippen LogP contribution in [0.2, 0.25) is 0 Å². The Morgan fingerprint density at radius 3 is 2.77 bits per heavy atom. The largest absolute Gasteiger partial charge is 0.444 e. The van der Waals surface area contributed by atoms with Crippen LogP contribution in [0.1, 0.15) is 32.8 Å². The van der Waals surface area contributed by atoms with Gasteiger partial charge >= 0.3 is 17.3 Å². The van der Waals surface area contributed by atoms with E-state index in [1.165, 1.54) is 6.20 Å². The van der Waals surface area contributed by atoms with Gasteiger partial charge in [0, 0.05) is 30.8 Å².